The second-order valence-corrected chi connectivity index (χ2v) is 4.34. The van der Waals surface area contributed by atoms with Crippen molar-refractivity contribution in [3.8, 4) is 6.07 Å². The number of nitrogens with zero attached hydrogens (tertiary/aromatic N) is 2. The summed E-state index contributed by atoms with van der Waals surface area (Å²) in [5.74, 6) is -0.0530. The maximum absolute atomic E-state index is 12.4. The smallest absolute Gasteiger partial charge is 0.258 e. The Morgan fingerprint density at radius 1 is 1.11 bits per heavy atom. The number of nitriles is 1. The number of carbonyl (C=O) groups excluding carboxylic acids is 1. The van der Waals surface area contributed by atoms with Gasteiger partial charge in [0.25, 0.3) is 5.91 Å². The van der Waals surface area contributed by atoms with Crippen molar-refractivity contribution in [2.75, 3.05) is 11.9 Å². The van der Waals surface area contributed by atoms with Gasteiger partial charge in [-0.25, -0.2) is 0 Å². The van der Waals surface area contributed by atoms with Gasteiger partial charge in [0.2, 0.25) is 0 Å². The van der Waals surface area contributed by atoms with Gasteiger partial charge >= 0.3 is 0 Å². The zero-order chi connectivity index (χ0) is 13.8. The monoisotopic (exact) mass is 250 g/mol. The predicted octanol–water partition coefficient (Wildman–Crippen LogP) is 3.14. The molecule has 0 atom stereocenters. The fraction of sp³-hybridized carbons (Fsp3) is 0.125. The van der Waals surface area contributed by atoms with Crippen LogP contribution in [0.1, 0.15) is 21.5 Å². The number of rotatable bonds is 2. The first-order valence-corrected chi connectivity index (χ1v) is 5.97. The number of anilines is 1. The van der Waals surface area contributed by atoms with Gasteiger partial charge < -0.3 is 4.90 Å². The maximum Gasteiger partial charge on any atom is 0.258 e. The molecule has 2 aromatic carbocycles. The number of carbonyl (C=O) groups is 1. The van der Waals surface area contributed by atoms with Crippen LogP contribution < -0.4 is 4.90 Å². The summed E-state index contributed by atoms with van der Waals surface area (Å²) in [5, 5.41) is 8.76. The van der Waals surface area contributed by atoms with Crippen LogP contribution in [0.4, 0.5) is 5.69 Å². The van der Waals surface area contributed by atoms with Gasteiger partial charge in [-0.05, 0) is 42.8 Å². The summed E-state index contributed by atoms with van der Waals surface area (Å²) in [6, 6.07) is 16.5. The largest absolute Gasteiger partial charge is 0.311 e. The van der Waals surface area contributed by atoms with E-state index in [0.29, 0.717) is 11.1 Å². The Balaban J connectivity index is 2.29. The first kappa shape index (κ1) is 12.8. The van der Waals surface area contributed by atoms with Crippen LogP contribution in [-0.4, -0.2) is 13.0 Å². The lowest BCUT2D eigenvalue weighted by atomic mass is 10.1. The molecule has 0 unspecified atom stereocenters. The second-order valence-electron chi connectivity index (χ2n) is 4.34. The molecule has 3 heteroatoms. The maximum atomic E-state index is 12.4. The Morgan fingerprint density at radius 2 is 1.74 bits per heavy atom. The quantitative estimate of drug-likeness (QED) is 0.821. The Hall–Kier alpha value is -2.60. The van der Waals surface area contributed by atoms with Crippen LogP contribution in [0.5, 0.6) is 0 Å². The molecule has 94 valence electrons. The molecule has 0 saturated carbocycles. The molecule has 0 aliphatic heterocycles. The van der Waals surface area contributed by atoms with E-state index >= 15 is 0 Å². The SMILES string of the molecule is Cc1ccccc1C(=O)N(C)c1ccc(C#N)cc1. The van der Waals surface area contributed by atoms with E-state index in [9.17, 15) is 4.79 Å². The summed E-state index contributed by atoms with van der Waals surface area (Å²) in [5.41, 5.74) is 3.00. The lowest BCUT2D eigenvalue weighted by Gasteiger charge is -2.18. The minimum Gasteiger partial charge on any atom is -0.311 e. The molecule has 0 spiro atoms. The van der Waals surface area contributed by atoms with Gasteiger partial charge in [-0.1, -0.05) is 18.2 Å². The van der Waals surface area contributed by atoms with Crippen molar-refractivity contribution < 1.29 is 4.79 Å². The highest BCUT2D eigenvalue weighted by Crippen LogP contribution is 2.17. The highest BCUT2D eigenvalue weighted by molar-refractivity contribution is 6.06. The molecule has 0 fully saturated rings. The zero-order valence-corrected chi connectivity index (χ0v) is 10.9. The van der Waals surface area contributed by atoms with Crippen molar-refractivity contribution in [3.05, 3.63) is 65.2 Å². The van der Waals surface area contributed by atoms with E-state index in [4.69, 9.17) is 5.26 Å². The van der Waals surface area contributed by atoms with Gasteiger partial charge in [0.05, 0.1) is 11.6 Å². The van der Waals surface area contributed by atoms with Gasteiger partial charge in [-0.3, -0.25) is 4.79 Å². The van der Waals surface area contributed by atoms with Gasteiger partial charge in [0, 0.05) is 18.3 Å². The second kappa shape index (κ2) is 5.36. The van der Waals surface area contributed by atoms with E-state index in [1.807, 2.05) is 31.2 Å². The Bertz CT molecular complexity index is 639. The van der Waals surface area contributed by atoms with Crippen LogP contribution in [-0.2, 0) is 0 Å². The van der Waals surface area contributed by atoms with Crippen LogP contribution in [0.15, 0.2) is 48.5 Å². The Kier molecular flexibility index (Phi) is 3.63. The number of benzene rings is 2. The first-order chi connectivity index (χ1) is 9.13. The number of hydrogen-bond donors (Lipinski definition) is 0. The normalized spacial score (nSPS) is 9.74. The number of hydrogen-bond acceptors (Lipinski definition) is 2. The van der Waals surface area contributed by atoms with E-state index in [1.54, 1.807) is 36.2 Å². The van der Waals surface area contributed by atoms with Crippen molar-refractivity contribution in [1.29, 1.82) is 5.26 Å². The molecule has 19 heavy (non-hydrogen) atoms. The summed E-state index contributed by atoms with van der Waals surface area (Å²) in [6.45, 7) is 1.92. The van der Waals surface area contributed by atoms with Crippen LogP contribution in [0.2, 0.25) is 0 Å². The molecular formula is C16H14N2O. The van der Waals surface area contributed by atoms with Gasteiger partial charge in [0.15, 0.2) is 0 Å². The molecule has 1 amide bonds. The molecule has 0 aromatic heterocycles. The topological polar surface area (TPSA) is 44.1 Å². The molecule has 3 nitrogen and oxygen atoms in total. The lowest BCUT2D eigenvalue weighted by molar-refractivity contribution is 0.0992. The number of aryl methyl sites for hydroxylation is 1. The first-order valence-electron chi connectivity index (χ1n) is 5.97. The fourth-order valence-electron chi connectivity index (χ4n) is 1.87. The third-order valence-corrected chi connectivity index (χ3v) is 3.06. The van der Waals surface area contributed by atoms with Crippen LogP contribution in [0.25, 0.3) is 0 Å². The average molecular weight is 250 g/mol. The molecule has 0 N–H and O–H groups in total. The molecule has 2 rings (SSSR count). The van der Waals surface area contributed by atoms with Crippen LogP contribution in [0, 0.1) is 18.3 Å². The highest BCUT2D eigenvalue weighted by Gasteiger charge is 2.14. The van der Waals surface area contributed by atoms with E-state index in [0.717, 1.165) is 11.3 Å². The van der Waals surface area contributed by atoms with Crippen molar-refractivity contribution in [2.45, 2.75) is 6.92 Å². The third kappa shape index (κ3) is 2.63. The Morgan fingerprint density at radius 3 is 2.32 bits per heavy atom. The molecular weight excluding hydrogens is 236 g/mol. The van der Waals surface area contributed by atoms with E-state index in [1.165, 1.54) is 0 Å². The van der Waals surface area contributed by atoms with Gasteiger partial charge in [-0.2, -0.15) is 5.26 Å². The minimum atomic E-state index is -0.0530. The Labute approximate surface area is 112 Å². The molecule has 0 radical (unpaired) electrons. The average Bonchev–Trinajstić information content (AvgIpc) is 2.46. The van der Waals surface area contributed by atoms with Gasteiger partial charge in [0.1, 0.15) is 0 Å². The van der Waals surface area contributed by atoms with E-state index in [2.05, 4.69) is 6.07 Å². The summed E-state index contributed by atoms with van der Waals surface area (Å²) < 4.78 is 0. The lowest BCUT2D eigenvalue weighted by Crippen LogP contribution is -2.26. The summed E-state index contributed by atoms with van der Waals surface area (Å²) in [4.78, 5) is 14.0. The predicted molar refractivity (Wildman–Crippen MR) is 75.1 cm³/mol. The fourth-order valence-corrected chi connectivity index (χ4v) is 1.87. The van der Waals surface area contributed by atoms with Crippen molar-refractivity contribution in [3.63, 3.8) is 0 Å². The van der Waals surface area contributed by atoms with Crippen molar-refractivity contribution in [2.24, 2.45) is 0 Å². The van der Waals surface area contributed by atoms with E-state index < -0.39 is 0 Å². The van der Waals surface area contributed by atoms with Crippen molar-refractivity contribution in [1.82, 2.24) is 0 Å². The standard InChI is InChI=1S/C16H14N2O/c1-12-5-3-4-6-15(12)16(19)18(2)14-9-7-13(11-17)8-10-14/h3-10H,1-2H3. The van der Waals surface area contributed by atoms with Crippen molar-refractivity contribution >= 4 is 11.6 Å². The molecule has 0 bridgehead atoms. The van der Waals surface area contributed by atoms with Crippen LogP contribution >= 0.6 is 0 Å². The molecule has 0 saturated heterocycles. The summed E-state index contributed by atoms with van der Waals surface area (Å²) >= 11 is 0. The van der Waals surface area contributed by atoms with Crippen LogP contribution in [0.3, 0.4) is 0 Å². The minimum absolute atomic E-state index is 0.0530. The highest BCUT2D eigenvalue weighted by atomic mass is 16.2. The number of amides is 1. The summed E-state index contributed by atoms with van der Waals surface area (Å²) in [6.07, 6.45) is 0. The zero-order valence-electron chi connectivity index (χ0n) is 10.9. The molecule has 0 aliphatic carbocycles. The summed E-state index contributed by atoms with van der Waals surface area (Å²) in [7, 11) is 1.73. The molecule has 0 heterocycles. The molecule has 2 aromatic rings. The van der Waals surface area contributed by atoms with E-state index in [-0.39, 0.29) is 5.91 Å². The molecule has 0 aliphatic rings. The van der Waals surface area contributed by atoms with Gasteiger partial charge in [-0.15, -0.1) is 0 Å². The third-order valence-electron chi connectivity index (χ3n) is 3.06.